The molecule has 0 saturated carbocycles. The Labute approximate surface area is 99.2 Å². The first kappa shape index (κ1) is 11.3. The van der Waals surface area contributed by atoms with Gasteiger partial charge in [0.2, 0.25) is 0 Å². The van der Waals surface area contributed by atoms with E-state index < -0.39 is 0 Å². The number of nitriles is 1. The molecule has 1 aromatic carbocycles. The minimum atomic E-state index is 0.261. The van der Waals surface area contributed by atoms with E-state index in [-0.39, 0.29) is 6.42 Å². The van der Waals surface area contributed by atoms with Gasteiger partial charge in [0.1, 0.15) is 28.4 Å². The van der Waals surface area contributed by atoms with Crippen molar-refractivity contribution in [3.63, 3.8) is 0 Å². The summed E-state index contributed by atoms with van der Waals surface area (Å²) in [4.78, 5) is 4.42. The molecule has 1 aromatic heterocycles. The molecule has 0 bridgehead atoms. The summed E-state index contributed by atoms with van der Waals surface area (Å²) >= 11 is 0. The lowest BCUT2D eigenvalue weighted by Gasteiger charge is -2.06. The number of nitrogens with zero attached hydrogens (tertiary/aromatic N) is 3. The van der Waals surface area contributed by atoms with Gasteiger partial charge in [0, 0.05) is 7.05 Å². The molecule has 88 valence electrons. The molecule has 0 aliphatic rings. The number of hydrogen-bond acceptors (Lipinski definition) is 4. The van der Waals surface area contributed by atoms with Crippen LogP contribution in [0.5, 0.6) is 11.5 Å². The van der Waals surface area contributed by atoms with E-state index in [1.165, 1.54) is 0 Å². The fourth-order valence-corrected chi connectivity index (χ4v) is 1.87. The van der Waals surface area contributed by atoms with Crippen molar-refractivity contribution >= 4 is 11.0 Å². The molecule has 17 heavy (non-hydrogen) atoms. The van der Waals surface area contributed by atoms with E-state index in [0.29, 0.717) is 11.6 Å². The number of imidazole rings is 1. The molecule has 2 aromatic rings. The van der Waals surface area contributed by atoms with Crippen LogP contribution in [0.2, 0.25) is 0 Å². The summed E-state index contributed by atoms with van der Waals surface area (Å²) in [7, 11) is 5.07. The first-order valence-corrected chi connectivity index (χ1v) is 5.16. The molecular formula is C12H13N3O2. The van der Waals surface area contributed by atoms with E-state index in [1.807, 2.05) is 23.7 Å². The van der Waals surface area contributed by atoms with E-state index in [1.54, 1.807) is 14.2 Å². The Morgan fingerprint density at radius 2 is 1.94 bits per heavy atom. The number of aromatic nitrogens is 2. The molecule has 0 atom stereocenters. The van der Waals surface area contributed by atoms with Gasteiger partial charge in [-0.05, 0) is 12.1 Å². The van der Waals surface area contributed by atoms with Crippen molar-refractivity contribution in [3.05, 3.63) is 18.0 Å². The topological polar surface area (TPSA) is 60.1 Å². The monoisotopic (exact) mass is 232 g/mol. The maximum atomic E-state index is 8.76. The summed E-state index contributed by atoms with van der Waals surface area (Å²) in [6.45, 7) is 0. The van der Waals surface area contributed by atoms with Gasteiger partial charge in [-0.2, -0.15) is 5.26 Å². The minimum Gasteiger partial charge on any atom is -0.494 e. The molecule has 5 heteroatoms. The highest BCUT2D eigenvalue weighted by atomic mass is 16.5. The maximum absolute atomic E-state index is 8.76. The molecule has 0 fully saturated rings. The lowest BCUT2D eigenvalue weighted by molar-refractivity contribution is 0.409. The van der Waals surface area contributed by atoms with Crippen LogP contribution in [0.3, 0.4) is 0 Å². The van der Waals surface area contributed by atoms with Gasteiger partial charge in [0.25, 0.3) is 0 Å². The van der Waals surface area contributed by atoms with Gasteiger partial charge < -0.3 is 14.0 Å². The van der Waals surface area contributed by atoms with Crippen LogP contribution in [0.4, 0.5) is 0 Å². The van der Waals surface area contributed by atoms with Crippen LogP contribution in [0.25, 0.3) is 11.0 Å². The van der Waals surface area contributed by atoms with E-state index in [2.05, 4.69) is 11.1 Å². The highest BCUT2D eigenvalue weighted by molar-refractivity contribution is 5.88. The molecule has 0 N–H and O–H groups in total. The van der Waals surface area contributed by atoms with Crippen LogP contribution in [0.1, 0.15) is 5.82 Å². The second kappa shape index (κ2) is 4.34. The van der Waals surface area contributed by atoms with Crippen molar-refractivity contribution in [2.75, 3.05) is 14.2 Å². The zero-order valence-electron chi connectivity index (χ0n) is 10.0. The average Bonchev–Trinajstić information content (AvgIpc) is 2.67. The summed E-state index contributed by atoms with van der Waals surface area (Å²) in [6, 6.07) is 5.74. The number of ether oxygens (including phenoxy) is 2. The van der Waals surface area contributed by atoms with Crippen molar-refractivity contribution < 1.29 is 9.47 Å². The quantitative estimate of drug-likeness (QED) is 0.755. The fourth-order valence-electron chi connectivity index (χ4n) is 1.87. The van der Waals surface area contributed by atoms with Crippen molar-refractivity contribution in [1.29, 1.82) is 5.26 Å². The van der Waals surface area contributed by atoms with Crippen LogP contribution < -0.4 is 9.47 Å². The second-order valence-corrected chi connectivity index (χ2v) is 3.59. The van der Waals surface area contributed by atoms with Crippen LogP contribution >= 0.6 is 0 Å². The van der Waals surface area contributed by atoms with Crippen molar-refractivity contribution in [2.24, 2.45) is 7.05 Å². The number of fused-ring (bicyclic) bond motifs is 1. The molecule has 1 heterocycles. The number of aryl methyl sites for hydroxylation is 1. The number of benzene rings is 1. The predicted octanol–water partition coefficient (Wildman–Crippen LogP) is 1.66. The van der Waals surface area contributed by atoms with E-state index in [4.69, 9.17) is 14.7 Å². The van der Waals surface area contributed by atoms with Gasteiger partial charge in [-0.1, -0.05) is 0 Å². The molecule has 0 aliphatic heterocycles. The lowest BCUT2D eigenvalue weighted by atomic mass is 10.2. The first-order valence-electron chi connectivity index (χ1n) is 5.16. The van der Waals surface area contributed by atoms with Crippen molar-refractivity contribution in [3.8, 4) is 17.6 Å². The molecule has 5 nitrogen and oxygen atoms in total. The average molecular weight is 232 g/mol. The van der Waals surface area contributed by atoms with Crippen LogP contribution in [-0.2, 0) is 13.5 Å². The molecule has 0 spiro atoms. The van der Waals surface area contributed by atoms with E-state index in [0.717, 1.165) is 16.8 Å². The van der Waals surface area contributed by atoms with E-state index in [9.17, 15) is 0 Å². The Morgan fingerprint density at radius 1 is 1.29 bits per heavy atom. The summed E-state index contributed by atoms with van der Waals surface area (Å²) in [5.74, 6) is 2.10. The number of methoxy groups -OCH3 is 2. The Hall–Kier alpha value is -2.22. The number of rotatable bonds is 3. The van der Waals surface area contributed by atoms with Gasteiger partial charge in [-0.3, -0.25) is 0 Å². The maximum Gasteiger partial charge on any atom is 0.146 e. The van der Waals surface area contributed by atoms with Crippen molar-refractivity contribution in [1.82, 2.24) is 9.55 Å². The standard InChI is InChI=1S/C12H13N3O2/c1-15-10(6-7-13)14-11-8(16-2)4-5-9(17-3)12(11)15/h4-5H,6H2,1-3H3/i7+1. The third-order valence-corrected chi connectivity index (χ3v) is 2.72. The zero-order valence-corrected chi connectivity index (χ0v) is 10.0. The van der Waals surface area contributed by atoms with Gasteiger partial charge in [0.05, 0.1) is 26.7 Å². The second-order valence-electron chi connectivity index (χ2n) is 3.59. The fraction of sp³-hybridized carbons (Fsp3) is 0.333. The van der Waals surface area contributed by atoms with Gasteiger partial charge in [-0.15, -0.1) is 0 Å². The smallest absolute Gasteiger partial charge is 0.146 e. The van der Waals surface area contributed by atoms with Gasteiger partial charge in [0.15, 0.2) is 0 Å². The largest absolute Gasteiger partial charge is 0.494 e. The van der Waals surface area contributed by atoms with Gasteiger partial charge in [-0.25, -0.2) is 4.98 Å². The SMILES string of the molecule is COc1ccc(OC)c2c1nc(C[13C]#N)n2C. The summed E-state index contributed by atoms with van der Waals surface area (Å²) in [5.41, 5.74) is 1.57. The molecule has 2 rings (SSSR count). The normalized spacial score (nSPS) is 10.2. The highest BCUT2D eigenvalue weighted by Gasteiger charge is 2.15. The zero-order chi connectivity index (χ0) is 12.4. The summed E-state index contributed by atoms with van der Waals surface area (Å²) in [6.07, 6.45) is 0.261. The van der Waals surface area contributed by atoms with Crippen LogP contribution in [-0.4, -0.2) is 23.8 Å². The minimum absolute atomic E-state index is 0.261. The first-order chi connectivity index (χ1) is 8.22. The Morgan fingerprint density at radius 3 is 2.53 bits per heavy atom. The molecule has 0 amide bonds. The van der Waals surface area contributed by atoms with Crippen LogP contribution in [0, 0.1) is 11.3 Å². The van der Waals surface area contributed by atoms with E-state index >= 15 is 0 Å². The Bertz CT molecular complexity index is 596. The number of hydrogen-bond donors (Lipinski definition) is 0. The molecule has 0 saturated heterocycles. The third-order valence-electron chi connectivity index (χ3n) is 2.72. The highest BCUT2D eigenvalue weighted by Crippen LogP contribution is 2.32. The van der Waals surface area contributed by atoms with Gasteiger partial charge >= 0.3 is 0 Å². The van der Waals surface area contributed by atoms with Crippen molar-refractivity contribution in [2.45, 2.75) is 6.42 Å². The molecule has 0 radical (unpaired) electrons. The Balaban J connectivity index is 2.78. The summed E-state index contributed by atoms with van der Waals surface area (Å²) < 4.78 is 12.4. The predicted molar refractivity (Wildman–Crippen MR) is 63.1 cm³/mol. The Kier molecular flexibility index (Phi) is 2.88. The summed E-state index contributed by atoms with van der Waals surface area (Å²) in [5, 5.41) is 8.76. The van der Waals surface area contributed by atoms with Crippen LogP contribution in [0.15, 0.2) is 12.1 Å². The lowest BCUT2D eigenvalue weighted by Crippen LogP contribution is -1.97. The molecule has 0 aliphatic carbocycles. The third kappa shape index (κ3) is 1.68. The molecule has 0 unspecified atom stereocenters. The molecular weight excluding hydrogens is 219 g/mol.